The van der Waals surface area contributed by atoms with Gasteiger partial charge in [-0.05, 0) is 17.7 Å². The summed E-state index contributed by atoms with van der Waals surface area (Å²) >= 11 is 0. The minimum atomic E-state index is -3.34. The molecule has 0 saturated heterocycles. The molecule has 1 aliphatic heterocycles. The quantitative estimate of drug-likeness (QED) is 0.761. The van der Waals surface area contributed by atoms with Crippen LogP contribution in [0.4, 0.5) is 5.69 Å². The highest BCUT2D eigenvalue weighted by molar-refractivity contribution is 7.72. The first kappa shape index (κ1) is 15.9. The van der Waals surface area contributed by atoms with E-state index < -0.39 is 7.60 Å². The van der Waals surface area contributed by atoms with Crippen molar-refractivity contribution in [1.82, 2.24) is 0 Å². The maximum atomic E-state index is 12.7. The molecule has 0 bridgehead atoms. The van der Waals surface area contributed by atoms with E-state index in [1.807, 2.05) is 65.7 Å². The fourth-order valence-electron chi connectivity index (χ4n) is 2.70. The number of anilines is 1. The Morgan fingerprint density at radius 2 is 1.57 bits per heavy atom. The SMILES string of the molecule is COP(=O)(OC)C1=NN(c2ccccc2)C(c2ccccc2)C1. The highest BCUT2D eigenvalue weighted by Gasteiger charge is 2.39. The van der Waals surface area contributed by atoms with E-state index in [4.69, 9.17) is 9.05 Å². The van der Waals surface area contributed by atoms with Crippen molar-refractivity contribution in [3.8, 4) is 0 Å². The van der Waals surface area contributed by atoms with Gasteiger partial charge < -0.3 is 9.05 Å². The molecule has 0 amide bonds. The average molecular weight is 330 g/mol. The Bertz CT molecular complexity index is 726. The summed E-state index contributed by atoms with van der Waals surface area (Å²) in [5.74, 6) is 0. The van der Waals surface area contributed by atoms with E-state index >= 15 is 0 Å². The molecule has 0 N–H and O–H groups in total. The zero-order chi connectivity index (χ0) is 16.3. The fourth-order valence-corrected chi connectivity index (χ4v) is 3.87. The van der Waals surface area contributed by atoms with Crippen LogP contribution in [-0.4, -0.2) is 19.7 Å². The van der Waals surface area contributed by atoms with Crippen LogP contribution in [0.25, 0.3) is 0 Å². The Kier molecular flexibility index (Phi) is 4.62. The second-order valence-electron chi connectivity index (χ2n) is 5.19. The third-order valence-corrected chi connectivity index (χ3v) is 5.76. The topological polar surface area (TPSA) is 51.1 Å². The lowest BCUT2D eigenvalue weighted by atomic mass is 10.0. The van der Waals surface area contributed by atoms with Crippen LogP contribution in [-0.2, 0) is 13.6 Å². The van der Waals surface area contributed by atoms with Crippen molar-refractivity contribution in [1.29, 1.82) is 0 Å². The molecule has 23 heavy (non-hydrogen) atoms. The minimum Gasteiger partial charge on any atom is -0.308 e. The summed E-state index contributed by atoms with van der Waals surface area (Å²) in [5.41, 5.74) is 2.49. The predicted molar refractivity (Wildman–Crippen MR) is 91.8 cm³/mol. The van der Waals surface area contributed by atoms with E-state index in [-0.39, 0.29) is 6.04 Å². The van der Waals surface area contributed by atoms with Gasteiger partial charge >= 0.3 is 7.60 Å². The van der Waals surface area contributed by atoms with Gasteiger partial charge in [0, 0.05) is 20.6 Å². The first-order valence-corrected chi connectivity index (χ1v) is 8.91. The molecule has 120 valence electrons. The highest BCUT2D eigenvalue weighted by atomic mass is 31.2. The van der Waals surface area contributed by atoms with Crippen molar-refractivity contribution in [3.63, 3.8) is 0 Å². The third kappa shape index (κ3) is 3.08. The maximum absolute atomic E-state index is 12.7. The van der Waals surface area contributed by atoms with Gasteiger partial charge in [0.05, 0.1) is 11.7 Å². The largest absolute Gasteiger partial charge is 0.376 e. The van der Waals surface area contributed by atoms with Crippen molar-refractivity contribution >= 4 is 18.7 Å². The molecular formula is C17H19N2O3P. The second-order valence-corrected chi connectivity index (χ2v) is 7.43. The fraction of sp³-hybridized carbons (Fsp3) is 0.235. The van der Waals surface area contributed by atoms with Crippen molar-refractivity contribution in [2.75, 3.05) is 19.2 Å². The normalized spacial score (nSPS) is 18.1. The molecule has 6 heteroatoms. The van der Waals surface area contributed by atoms with Gasteiger partial charge in [0.25, 0.3) is 0 Å². The number of hydrogen-bond acceptors (Lipinski definition) is 5. The van der Waals surface area contributed by atoms with Gasteiger partial charge in [0.2, 0.25) is 0 Å². The summed E-state index contributed by atoms with van der Waals surface area (Å²) in [7, 11) is -0.567. The minimum absolute atomic E-state index is 0.0350. The Balaban J connectivity index is 2.03. The molecule has 1 aliphatic rings. The van der Waals surface area contributed by atoms with Gasteiger partial charge in [0.1, 0.15) is 0 Å². The van der Waals surface area contributed by atoms with Crippen LogP contribution in [0.15, 0.2) is 65.8 Å². The van der Waals surface area contributed by atoms with Crippen molar-refractivity contribution in [2.24, 2.45) is 5.10 Å². The van der Waals surface area contributed by atoms with E-state index in [9.17, 15) is 4.57 Å². The van der Waals surface area contributed by atoms with Gasteiger partial charge in [-0.25, -0.2) is 0 Å². The van der Waals surface area contributed by atoms with Crippen LogP contribution < -0.4 is 5.01 Å². The number of benzene rings is 2. The van der Waals surface area contributed by atoms with E-state index in [2.05, 4.69) is 5.10 Å². The summed E-state index contributed by atoms with van der Waals surface area (Å²) in [6, 6.07) is 19.8. The highest BCUT2D eigenvalue weighted by Crippen LogP contribution is 2.54. The molecule has 0 aromatic heterocycles. The van der Waals surface area contributed by atoms with Gasteiger partial charge in [-0.1, -0.05) is 48.5 Å². The predicted octanol–water partition coefficient (Wildman–Crippen LogP) is 4.44. The van der Waals surface area contributed by atoms with Crippen LogP contribution in [0.5, 0.6) is 0 Å². The molecule has 2 aromatic carbocycles. The third-order valence-electron chi connectivity index (χ3n) is 3.90. The Labute approximate surface area is 136 Å². The average Bonchev–Trinajstić information content (AvgIpc) is 3.08. The lowest BCUT2D eigenvalue weighted by Gasteiger charge is -2.23. The number of nitrogens with zero attached hydrogens (tertiary/aromatic N) is 2. The lowest BCUT2D eigenvalue weighted by Crippen LogP contribution is -2.18. The first-order valence-electron chi connectivity index (χ1n) is 7.37. The Morgan fingerprint density at radius 3 is 2.13 bits per heavy atom. The molecule has 1 heterocycles. The number of rotatable bonds is 5. The van der Waals surface area contributed by atoms with E-state index in [1.165, 1.54) is 14.2 Å². The van der Waals surface area contributed by atoms with Gasteiger partial charge in [0.15, 0.2) is 5.45 Å². The van der Waals surface area contributed by atoms with Crippen LogP contribution in [0.1, 0.15) is 18.0 Å². The number of para-hydroxylation sites is 1. The van der Waals surface area contributed by atoms with Crippen molar-refractivity contribution in [2.45, 2.75) is 12.5 Å². The van der Waals surface area contributed by atoms with Gasteiger partial charge in [-0.3, -0.25) is 9.57 Å². The molecule has 0 spiro atoms. The monoisotopic (exact) mass is 330 g/mol. The molecule has 0 aliphatic carbocycles. The lowest BCUT2D eigenvalue weighted by molar-refractivity contribution is 0.290. The maximum Gasteiger partial charge on any atom is 0.376 e. The van der Waals surface area contributed by atoms with E-state index in [0.717, 1.165) is 11.3 Å². The Hall–Kier alpha value is -1.94. The molecule has 5 nitrogen and oxygen atoms in total. The van der Waals surface area contributed by atoms with E-state index in [0.29, 0.717) is 11.9 Å². The zero-order valence-corrected chi connectivity index (χ0v) is 14.0. The van der Waals surface area contributed by atoms with Crippen LogP contribution in [0, 0.1) is 0 Å². The summed E-state index contributed by atoms with van der Waals surface area (Å²) in [4.78, 5) is 0. The molecule has 2 aromatic rings. The molecular weight excluding hydrogens is 311 g/mol. The molecule has 0 radical (unpaired) electrons. The standard InChI is InChI=1S/C17H19N2O3P/c1-21-23(20,22-2)17-13-16(14-9-5-3-6-10-14)19(18-17)15-11-7-4-8-12-15/h3-12,16H,13H2,1-2H3. The van der Waals surface area contributed by atoms with Gasteiger partial charge in [-0.2, -0.15) is 5.10 Å². The van der Waals surface area contributed by atoms with Gasteiger partial charge in [-0.15, -0.1) is 0 Å². The first-order chi connectivity index (χ1) is 11.2. The molecule has 1 unspecified atom stereocenters. The Morgan fingerprint density at radius 1 is 1.00 bits per heavy atom. The smallest absolute Gasteiger partial charge is 0.308 e. The molecule has 0 fully saturated rings. The summed E-state index contributed by atoms with van der Waals surface area (Å²) in [6.45, 7) is 0. The second kappa shape index (κ2) is 6.67. The summed E-state index contributed by atoms with van der Waals surface area (Å²) in [5, 5.41) is 6.45. The van der Waals surface area contributed by atoms with Crippen molar-refractivity contribution in [3.05, 3.63) is 66.2 Å². The number of hydrogen-bond donors (Lipinski definition) is 0. The van der Waals surface area contributed by atoms with Crippen LogP contribution in [0.2, 0.25) is 0 Å². The summed E-state index contributed by atoms with van der Waals surface area (Å²) < 4.78 is 22.9. The van der Waals surface area contributed by atoms with Crippen molar-refractivity contribution < 1.29 is 13.6 Å². The zero-order valence-electron chi connectivity index (χ0n) is 13.1. The molecule has 0 saturated carbocycles. The summed E-state index contributed by atoms with van der Waals surface area (Å²) in [6.07, 6.45) is 0.498. The van der Waals surface area contributed by atoms with E-state index in [1.54, 1.807) is 0 Å². The van der Waals surface area contributed by atoms with Crippen LogP contribution in [0.3, 0.4) is 0 Å². The molecule has 3 rings (SSSR count). The molecule has 1 atom stereocenters. The number of hydrazone groups is 1. The van der Waals surface area contributed by atoms with Crippen LogP contribution >= 0.6 is 7.60 Å².